The Hall–Kier alpha value is -4.46. The minimum Gasteiger partial charge on any atom is -0.261 e. The number of hydrogen-bond acceptors (Lipinski definition) is 8. The first-order valence-electron chi connectivity index (χ1n) is 13.0. The quantitative estimate of drug-likeness (QED) is 0.215. The van der Waals surface area contributed by atoms with Crippen LogP contribution in [0.2, 0.25) is 0 Å². The van der Waals surface area contributed by atoms with Crippen LogP contribution >= 0.6 is 0 Å². The van der Waals surface area contributed by atoms with E-state index in [-0.39, 0.29) is 0 Å². The molecule has 5 rings (SSSR count). The van der Waals surface area contributed by atoms with E-state index in [1.807, 2.05) is 131 Å². The Morgan fingerprint density at radius 1 is 0.300 bits per heavy atom. The minimum atomic E-state index is 0.829. The summed E-state index contributed by atoms with van der Waals surface area (Å²) in [6.45, 7) is 19.6. The predicted octanol–water partition coefficient (Wildman–Crippen LogP) is 6.68. The third kappa shape index (κ3) is 17.1. The topological polar surface area (TPSA) is 103 Å². The SMILES string of the molecule is Cc1ccc(C)nc1.Cc1ccc(C)nc1.Cc1ccc(C)nn1.Cc1cnc(C)nc1.Cc1cnc(C)nc1. The fraction of sp³-hybridized carbons (Fsp3) is 0.312. The standard InChI is InChI=1S/2C7H9N.3C6H8N2/c2*1-6-3-4-7(2)8-5-6;2*1-5-3-7-6(2)8-4-5;1-5-3-4-6(2)8-7-5/h2*3-5H,1-2H3;3*3-4H,1-2H3. The Bertz CT molecular complexity index is 976. The van der Waals surface area contributed by atoms with Crippen LogP contribution in [-0.2, 0) is 0 Å². The van der Waals surface area contributed by atoms with Gasteiger partial charge in [0.2, 0.25) is 0 Å². The molecule has 0 N–H and O–H groups in total. The van der Waals surface area contributed by atoms with Crippen molar-refractivity contribution >= 4 is 0 Å². The van der Waals surface area contributed by atoms with Crippen LogP contribution in [0.15, 0.2) is 73.6 Å². The van der Waals surface area contributed by atoms with Crippen molar-refractivity contribution in [3.63, 3.8) is 0 Å². The molecule has 8 nitrogen and oxygen atoms in total. The molecule has 5 aromatic rings. The second-order valence-electron chi connectivity index (χ2n) is 9.39. The molecule has 0 aliphatic carbocycles. The molecule has 0 saturated carbocycles. The van der Waals surface area contributed by atoms with Gasteiger partial charge in [0.1, 0.15) is 11.6 Å². The van der Waals surface area contributed by atoms with Crippen LogP contribution in [-0.4, -0.2) is 40.1 Å². The third-order valence-electron chi connectivity index (χ3n) is 4.87. The Morgan fingerprint density at radius 2 is 0.575 bits per heavy atom. The summed E-state index contributed by atoms with van der Waals surface area (Å²) >= 11 is 0. The average molecular weight is 539 g/mol. The van der Waals surface area contributed by atoms with Gasteiger partial charge >= 0.3 is 0 Å². The summed E-state index contributed by atoms with van der Waals surface area (Å²) < 4.78 is 0. The van der Waals surface area contributed by atoms with Gasteiger partial charge in [-0.05, 0) is 116 Å². The van der Waals surface area contributed by atoms with Crippen LogP contribution in [0.1, 0.15) is 56.7 Å². The average Bonchev–Trinajstić information content (AvgIpc) is 2.94. The van der Waals surface area contributed by atoms with Crippen LogP contribution in [0.3, 0.4) is 0 Å². The second kappa shape index (κ2) is 18.7. The molecule has 40 heavy (non-hydrogen) atoms. The molecule has 0 amide bonds. The second-order valence-corrected chi connectivity index (χ2v) is 9.39. The molecular weight excluding hydrogens is 496 g/mol. The first kappa shape index (κ1) is 33.6. The molecule has 210 valence electrons. The maximum Gasteiger partial charge on any atom is 0.125 e. The maximum absolute atomic E-state index is 4.08. The van der Waals surface area contributed by atoms with E-state index in [0.717, 1.165) is 45.6 Å². The highest BCUT2D eigenvalue weighted by atomic mass is 15.1. The molecule has 0 unspecified atom stereocenters. The van der Waals surface area contributed by atoms with Crippen LogP contribution < -0.4 is 0 Å². The summed E-state index contributed by atoms with van der Waals surface area (Å²) in [6.07, 6.45) is 11.0. The molecule has 0 saturated heterocycles. The van der Waals surface area contributed by atoms with E-state index in [9.17, 15) is 0 Å². The Labute approximate surface area is 239 Å². The van der Waals surface area contributed by atoms with E-state index in [1.54, 1.807) is 0 Å². The Balaban J connectivity index is 0.000000250. The smallest absolute Gasteiger partial charge is 0.125 e. The fourth-order valence-corrected chi connectivity index (χ4v) is 2.46. The van der Waals surface area contributed by atoms with Gasteiger partial charge in [-0.2, -0.15) is 10.2 Å². The summed E-state index contributed by atoms with van der Waals surface area (Å²) in [5, 5.41) is 7.66. The lowest BCUT2D eigenvalue weighted by atomic mass is 10.3. The van der Waals surface area contributed by atoms with E-state index in [2.05, 4.69) is 52.2 Å². The van der Waals surface area contributed by atoms with E-state index in [4.69, 9.17) is 0 Å². The zero-order valence-electron chi connectivity index (χ0n) is 25.5. The van der Waals surface area contributed by atoms with Crippen molar-refractivity contribution in [3.05, 3.63) is 130 Å². The van der Waals surface area contributed by atoms with Gasteiger partial charge in [-0.15, -0.1) is 0 Å². The molecule has 0 spiro atoms. The highest BCUT2D eigenvalue weighted by molar-refractivity contribution is 5.11. The number of aryl methyl sites for hydroxylation is 10. The first-order chi connectivity index (χ1) is 18.9. The van der Waals surface area contributed by atoms with Crippen molar-refractivity contribution in [2.75, 3.05) is 0 Å². The minimum absolute atomic E-state index is 0.829. The van der Waals surface area contributed by atoms with E-state index < -0.39 is 0 Å². The Morgan fingerprint density at radius 3 is 0.775 bits per heavy atom. The Kier molecular flexibility index (Phi) is 15.7. The van der Waals surface area contributed by atoms with Gasteiger partial charge in [0.05, 0.1) is 11.4 Å². The predicted molar refractivity (Wildman–Crippen MR) is 162 cm³/mol. The lowest BCUT2D eigenvalue weighted by Gasteiger charge is -1.89. The number of hydrogen-bond donors (Lipinski definition) is 0. The van der Waals surface area contributed by atoms with Gasteiger partial charge in [0.15, 0.2) is 0 Å². The zero-order chi connectivity index (χ0) is 29.9. The molecule has 0 radical (unpaired) electrons. The molecule has 0 fully saturated rings. The largest absolute Gasteiger partial charge is 0.261 e. The molecule has 0 aliphatic rings. The molecule has 5 heterocycles. The lowest BCUT2D eigenvalue weighted by Crippen LogP contribution is -1.86. The van der Waals surface area contributed by atoms with Crippen molar-refractivity contribution in [1.82, 2.24) is 40.1 Å². The summed E-state index contributed by atoms with van der Waals surface area (Å²) in [7, 11) is 0. The van der Waals surface area contributed by atoms with Crippen molar-refractivity contribution in [1.29, 1.82) is 0 Å². The number of pyridine rings is 2. The normalized spacial score (nSPS) is 9.25. The van der Waals surface area contributed by atoms with Crippen LogP contribution in [0.4, 0.5) is 0 Å². The van der Waals surface area contributed by atoms with Gasteiger partial charge in [-0.25, -0.2) is 19.9 Å². The van der Waals surface area contributed by atoms with Gasteiger partial charge < -0.3 is 0 Å². The van der Waals surface area contributed by atoms with E-state index in [1.165, 1.54) is 11.1 Å². The van der Waals surface area contributed by atoms with E-state index >= 15 is 0 Å². The van der Waals surface area contributed by atoms with Crippen molar-refractivity contribution in [3.8, 4) is 0 Å². The number of aromatic nitrogens is 8. The summed E-state index contributed by atoms with van der Waals surface area (Å²) in [5.41, 5.74) is 8.75. The van der Waals surface area contributed by atoms with E-state index in [0.29, 0.717) is 0 Å². The van der Waals surface area contributed by atoms with Crippen molar-refractivity contribution in [2.45, 2.75) is 69.2 Å². The summed E-state index contributed by atoms with van der Waals surface area (Å²) in [5.74, 6) is 1.66. The molecule has 0 bridgehead atoms. The molecular formula is C32H42N8. The van der Waals surface area contributed by atoms with Crippen LogP contribution in [0.25, 0.3) is 0 Å². The zero-order valence-corrected chi connectivity index (χ0v) is 25.5. The first-order valence-corrected chi connectivity index (χ1v) is 13.0. The highest BCUT2D eigenvalue weighted by Crippen LogP contribution is 1.96. The number of nitrogens with zero attached hydrogens (tertiary/aromatic N) is 8. The molecule has 0 aliphatic heterocycles. The molecule has 0 atom stereocenters. The summed E-state index contributed by atoms with van der Waals surface area (Å²) in [4.78, 5) is 24.0. The highest BCUT2D eigenvalue weighted by Gasteiger charge is 1.85. The molecule has 0 aromatic carbocycles. The summed E-state index contributed by atoms with van der Waals surface area (Å²) in [6, 6.07) is 12.0. The van der Waals surface area contributed by atoms with Gasteiger partial charge in [0, 0.05) is 48.6 Å². The third-order valence-corrected chi connectivity index (χ3v) is 4.87. The van der Waals surface area contributed by atoms with Gasteiger partial charge in [0.25, 0.3) is 0 Å². The monoisotopic (exact) mass is 538 g/mol. The van der Waals surface area contributed by atoms with Gasteiger partial charge in [-0.1, -0.05) is 12.1 Å². The van der Waals surface area contributed by atoms with Crippen molar-refractivity contribution < 1.29 is 0 Å². The lowest BCUT2D eigenvalue weighted by molar-refractivity contribution is 0.941. The van der Waals surface area contributed by atoms with Crippen molar-refractivity contribution in [2.24, 2.45) is 0 Å². The molecule has 8 heteroatoms. The van der Waals surface area contributed by atoms with Gasteiger partial charge in [-0.3, -0.25) is 9.97 Å². The van der Waals surface area contributed by atoms with Crippen LogP contribution in [0.5, 0.6) is 0 Å². The fourth-order valence-electron chi connectivity index (χ4n) is 2.46. The maximum atomic E-state index is 4.08. The van der Waals surface area contributed by atoms with Crippen LogP contribution in [0, 0.1) is 69.2 Å². The number of rotatable bonds is 0. The molecule has 5 aromatic heterocycles.